The number of aromatic carboxylic acids is 1. The first-order valence-corrected chi connectivity index (χ1v) is 11.3. The number of likely N-dealkylation sites (N-methyl/N-ethyl adjacent to an activating group) is 1. The van der Waals surface area contributed by atoms with E-state index in [9.17, 15) is 14.7 Å². The summed E-state index contributed by atoms with van der Waals surface area (Å²) in [5.74, 6) is -1.20. The summed E-state index contributed by atoms with van der Waals surface area (Å²) in [6.45, 7) is 0.825. The van der Waals surface area contributed by atoms with E-state index in [1.165, 1.54) is 6.92 Å². The second-order valence-electron chi connectivity index (χ2n) is 5.75. The van der Waals surface area contributed by atoms with Crippen LogP contribution in [0.3, 0.4) is 0 Å². The van der Waals surface area contributed by atoms with Crippen LogP contribution in [0.15, 0.2) is 6.07 Å². The van der Waals surface area contributed by atoms with Gasteiger partial charge in [0, 0.05) is 20.6 Å². The molecule has 1 rings (SSSR count). The number of rotatable bonds is 8. The van der Waals surface area contributed by atoms with Crippen LogP contribution in [0.1, 0.15) is 17.3 Å². The number of carboxylic acids is 1. The lowest BCUT2D eigenvalue weighted by Crippen LogP contribution is -2.48. The minimum Gasteiger partial charge on any atom is -0.478 e. The summed E-state index contributed by atoms with van der Waals surface area (Å²) in [5, 5.41) is 59.2. The molecule has 0 saturated carbocycles. The van der Waals surface area contributed by atoms with Crippen LogP contribution in [-0.4, -0.2) is 87.1 Å². The van der Waals surface area contributed by atoms with Crippen molar-refractivity contribution in [2.45, 2.75) is 31.3 Å². The normalized spacial score (nSPS) is 14.8. The first-order valence-electron chi connectivity index (χ1n) is 8.05. The van der Waals surface area contributed by atoms with Crippen molar-refractivity contribution in [2.24, 2.45) is 0 Å². The minimum absolute atomic E-state index is 0.0936. The molecule has 4 atom stereocenters. The molecule has 0 bridgehead atoms. The molecule has 1 aromatic rings. The van der Waals surface area contributed by atoms with E-state index in [2.05, 4.69) is 33.2 Å². The molecule has 10 nitrogen and oxygen atoms in total. The van der Waals surface area contributed by atoms with E-state index >= 15 is 0 Å². The Labute approximate surface area is 208 Å². The fraction of sp³-hybridized carbons (Fsp3) is 0.500. The van der Waals surface area contributed by atoms with Crippen molar-refractivity contribution >= 4 is 85.3 Å². The predicted octanol–water partition coefficient (Wildman–Crippen LogP) is -0.201. The number of hydrogen-bond acceptors (Lipinski definition) is 8. The van der Waals surface area contributed by atoms with Crippen molar-refractivity contribution < 1.29 is 40.2 Å². The SMILES string of the molecule is CC(=O)Nc1c(I)cc(I)c(C(=O)O)c1I.CNCC(O)C(O)C(O)C(O)CO. The zero-order valence-electron chi connectivity index (χ0n) is 15.4. The summed E-state index contributed by atoms with van der Waals surface area (Å²) in [5.41, 5.74) is 0.789. The highest BCUT2D eigenvalue weighted by Crippen LogP contribution is 2.31. The number of halogens is 3. The number of amides is 1. The minimum atomic E-state index is -1.55. The number of hydrogen-bond donors (Lipinski definition) is 8. The van der Waals surface area contributed by atoms with E-state index < -0.39 is 37.0 Å². The van der Waals surface area contributed by atoms with E-state index in [0.717, 1.165) is 3.57 Å². The van der Waals surface area contributed by atoms with Crippen molar-refractivity contribution in [1.82, 2.24) is 5.32 Å². The van der Waals surface area contributed by atoms with Gasteiger partial charge in [-0.15, -0.1) is 0 Å². The molecule has 0 fully saturated rings. The molecule has 0 saturated heterocycles. The second-order valence-corrected chi connectivity index (χ2v) is 9.15. The highest BCUT2D eigenvalue weighted by atomic mass is 127. The Morgan fingerprint density at radius 3 is 1.97 bits per heavy atom. The van der Waals surface area contributed by atoms with E-state index in [1.54, 1.807) is 13.1 Å². The molecule has 0 spiro atoms. The summed E-state index contributed by atoms with van der Waals surface area (Å²) in [4.78, 5) is 22.1. The van der Waals surface area contributed by atoms with Crippen LogP contribution in [-0.2, 0) is 4.79 Å². The largest absolute Gasteiger partial charge is 0.478 e. The van der Waals surface area contributed by atoms with Crippen molar-refractivity contribution in [3.8, 4) is 0 Å². The zero-order valence-corrected chi connectivity index (χ0v) is 21.9. The molecule has 166 valence electrons. The number of anilines is 1. The Bertz CT molecular complexity index is 707. The molecular weight excluding hydrogens is 729 g/mol. The Morgan fingerprint density at radius 2 is 1.55 bits per heavy atom. The number of aliphatic hydroxyl groups is 5. The molecule has 29 heavy (non-hydrogen) atoms. The molecule has 13 heteroatoms. The van der Waals surface area contributed by atoms with Crippen LogP contribution in [0.25, 0.3) is 0 Å². The van der Waals surface area contributed by atoms with Gasteiger partial charge in [-0.3, -0.25) is 4.79 Å². The van der Waals surface area contributed by atoms with Gasteiger partial charge in [0.2, 0.25) is 5.91 Å². The summed E-state index contributed by atoms with van der Waals surface area (Å²) in [6, 6.07) is 1.73. The molecule has 4 unspecified atom stereocenters. The van der Waals surface area contributed by atoms with Crippen LogP contribution in [0.5, 0.6) is 0 Å². The van der Waals surface area contributed by atoms with E-state index in [0.29, 0.717) is 12.8 Å². The molecule has 0 heterocycles. The first-order chi connectivity index (χ1) is 13.4. The van der Waals surface area contributed by atoms with Crippen molar-refractivity contribution in [3.05, 3.63) is 22.3 Å². The Hall–Kier alpha value is 0.110. The molecular formula is C16H23I3N2O8. The number of carbonyl (C=O) groups is 2. The standard InChI is InChI=1S/C9H6I3NO3.C7H17NO5/c1-3(14)13-8-5(11)2-4(10)6(7(8)12)9(15)16;1-8-2-4(10)6(12)7(13)5(11)3-9/h2H,1H3,(H,13,14)(H,15,16);4-13H,2-3H2,1H3. The zero-order chi connectivity index (χ0) is 22.9. The fourth-order valence-corrected chi connectivity index (χ4v) is 6.07. The summed E-state index contributed by atoms with van der Waals surface area (Å²) < 4.78 is 2.04. The Kier molecular flexibility index (Phi) is 14.3. The fourth-order valence-electron chi connectivity index (χ4n) is 1.97. The highest BCUT2D eigenvalue weighted by Gasteiger charge is 2.29. The van der Waals surface area contributed by atoms with Gasteiger partial charge >= 0.3 is 5.97 Å². The summed E-state index contributed by atoms with van der Waals surface area (Å²) in [7, 11) is 1.57. The van der Waals surface area contributed by atoms with Crippen LogP contribution in [0, 0.1) is 10.7 Å². The highest BCUT2D eigenvalue weighted by molar-refractivity contribution is 14.1. The molecule has 0 aliphatic rings. The van der Waals surface area contributed by atoms with Crippen LogP contribution in [0.4, 0.5) is 5.69 Å². The summed E-state index contributed by atoms with van der Waals surface area (Å²) in [6.07, 6.45) is -5.65. The Morgan fingerprint density at radius 1 is 1.03 bits per heavy atom. The topological polar surface area (TPSA) is 180 Å². The monoisotopic (exact) mass is 752 g/mol. The third kappa shape index (κ3) is 9.42. The number of carbonyl (C=O) groups excluding carboxylic acids is 1. The third-order valence-electron chi connectivity index (χ3n) is 3.42. The molecule has 1 amide bonds. The summed E-state index contributed by atoms with van der Waals surface area (Å²) >= 11 is 5.98. The first kappa shape index (κ1) is 29.1. The van der Waals surface area contributed by atoms with Crippen LogP contribution in [0.2, 0.25) is 0 Å². The van der Waals surface area contributed by atoms with Crippen molar-refractivity contribution in [3.63, 3.8) is 0 Å². The number of aliphatic hydroxyl groups excluding tert-OH is 5. The van der Waals surface area contributed by atoms with Gasteiger partial charge in [-0.25, -0.2) is 4.79 Å². The van der Waals surface area contributed by atoms with Crippen LogP contribution >= 0.6 is 67.8 Å². The van der Waals surface area contributed by atoms with Crippen molar-refractivity contribution in [1.29, 1.82) is 0 Å². The predicted molar refractivity (Wildman–Crippen MR) is 131 cm³/mol. The van der Waals surface area contributed by atoms with Gasteiger partial charge in [-0.1, -0.05) is 0 Å². The van der Waals surface area contributed by atoms with Gasteiger partial charge in [0.1, 0.15) is 18.3 Å². The van der Waals surface area contributed by atoms with E-state index in [4.69, 9.17) is 25.5 Å². The third-order valence-corrected chi connectivity index (χ3v) is 6.20. The molecule has 0 aliphatic carbocycles. The van der Waals surface area contributed by atoms with Crippen molar-refractivity contribution in [2.75, 3.05) is 25.5 Å². The van der Waals surface area contributed by atoms with Gasteiger partial charge in [0.25, 0.3) is 0 Å². The lowest BCUT2D eigenvalue weighted by Gasteiger charge is -2.25. The van der Waals surface area contributed by atoms with E-state index in [-0.39, 0.29) is 18.0 Å². The maximum atomic E-state index is 11.1. The van der Waals surface area contributed by atoms with Gasteiger partial charge in [0.15, 0.2) is 0 Å². The van der Waals surface area contributed by atoms with Gasteiger partial charge < -0.3 is 41.3 Å². The molecule has 0 aliphatic heterocycles. The number of carboxylic acid groups (broad SMARTS) is 1. The molecule has 1 aromatic carbocycles. The average Bonchev–Trinajstić information content (AvgIpc) is 2.63. The van der Waals surface area contributed by atoms with Gasteiger partial charge in [-0.2, -0.15) is 0 Å². The lowest BCUT2D eigenvalue weighted by molar-refractivity contribution is -0.114. The average molecular weight is 752 g/mol. The Balaban J connectivity index is 0.000000555. The molecule has 0 radical (unpaired) electrons. The smallest absolute Gasteiger partial charge is 0.337 e. The number of benzene rings is 1. The maximum Gasteiger partial charge on any atom is 0.337 e. The van der Waals surface area contributed by atoms with Gasteiger partial charge in [0.05, 0.1) is 27.5 Å². The second kappa shape index (κ2) is 14.2. The lowest BCUT2D eigenvalue weighted by atomic mass is 10.0. The van der Waals surface area contributed by atoms with E-state index in [1.807, 2.05) is 45.2 Å². The van der Waals surface area contributed by atoms with Crippen LogP contribution < -0.4 is 10.6 Å². The number of nitrogens with one attached hydrogen (secondary N) is 2. The quantitative estimate of drug-likeness (QED) is 0.167. The molecule has 0 aromatic heterocycles. The maximum absolute atomic E-state index is 11.1. The van der Waals surface area contributed by atoms with Gasteiger partial charge in [-0.05, 0) is 80.9 Å². The molecule has 8 N–H and O–H groups in total.